The highest BCUT2D eigenvalue weighted by Gasteiger charge is 2.31. The van der Waals surface area contributed by atoms with Crippen molar-refractivity contribution >= 4 is 11.8 Å². The van der Waals surface area contributed by atoms with Gasteiger partial charge in [0.05, 0.1) is 26.3 Å². The van der Waals surface area contributed by atoms with Crippen LogP contribution in [-0.4, -0.2) is 117 Å². The molecule has 0 bridgehead atoms. The molecule has 2 amide bonds. The van der Waals surface area contributed by atoms with Crippen molar-refractivity contribution in [3.8, 4) is 11.5 Å². The number of benzene rings is 1. The lowest BCUT2D eigenvalue weighted by Gasteiger charge is -2.37. The lowest BCUT2D eigenvalue weighted by atomic mass is 10.0. The number of amides is 2. The summed E-state index contributed by atoms with van der Waals surface area (Å²) >= 11 is 0. The highest BCUT2D eigenvalue weighted by Crippen LogP contribution is 2.38. The van der Waals surface area contributed by atoms with Crippen LogP contribution < -0.4 is 9.47 Å². The molecule has 1 aromatic rings. The molecule has 3 fully saturated rings. The van der Waals surface area contributed by atoms with Gasteiger partial charge < -0.3 is 24.0 Å². The van der Waals surface area contributed by atoms with E-state index in [1.54, 1.807) is 0 Å². The summed E-state index contributed by atoms with van der Waals surface area (Å²) in [5.74, 6) is 1.95. The van der Waals surface area contributed by atoms with E-state index in [1.165, 1.54) is 5.56 Å². The fourth-order valence-corrected chi connectivity index (χ4v) is 5.19. The second-order valence-corrected chi connectivity index (χ2v) is 9.18. The predicted molar refractivity (Wildman–Crippen MR) is 121 cm³/mol. The van der Waals surface area contributed by atoms with E-state index in [9.17, 15) is 9.59 Å². The first kappa shape index (κ1) is 22.4. The molecule has 0 radical (unpaired) electrons. The van der Waals surface area contributed by atoms with Crippen molar-refractivity contribution in [1.29, 1.82) is 0 Å². The molecule has 3 saturated heterocycles. The van der Waals surface area contributed by atoms with E-state index in [-0.39, 0.29) is 17.9 Å². The molecule has 5 rings (SSSR count). The van der Waals surface area contributed by atoms with Crippen molar-refractivity contribution in [2.45, 2.75) is 18.9 Å². The highest BCUT2D eigenvalue weighted by atomic mass is 16.6. The van der Waals surface area contributed by atoms with Crippen LogP contribution in [0.2, 0.25) is 0 Å². The predicted octanol–water partition coefficient (Wildman–Crippen LogP) is 0.598. The first-order valence-corrected chi connectivity index (χ1v) is 12.2. The quantitative estimate of drug-likeness (QED) is 0.640. The van der Waals surface area contributed by atoms with Crippen LogP contribution in [-0.2, 0) is 14.3 Å². The molecule has 33 heavy (non-hydrogen) atoms. The van der Waals surface area contributed by atoms with Gasteiger partial charge in [-0.15, -0.1) is 0 Å². The Balaban J connectivity index is 1.11. The highest BCUT2D eigenvalue weighted by molar-refractivity contribution is 5.79. The monoisotopic (exact) mass is 458 g/mol. The summed E-state index contributed by atoms with van der Waals surface area (Å²) in [5, 5.41) is 0. The molecule has 1 atom stereocenters. The largest absolute Gasteiger partial charge is 0.486 e. The van der Waals surface area contributed by atoms with E-state index in [2.05, 4.69) is 21.9 Å². The molecule has 0 spiro atoms. The number of carbonyl (C=O) groups excluding carboxylic acids is 2. The molecule has 9 nitrogen and oxygen atoms in total. The van der Waals surface area contributed by atoms with Crippen molar-refractivity contribution < 1.29 is 23.8 Å². The first-order chi connectivity index (χ1) is 16.2. The van der Waals surface area contributed by atoms with Crippen LogP contribution >= 0.6 is 0 Å². The fourth-order valence-electron chi connectivity index (χ4n) is 5.19. The van der Waals surface area contributed by atoms with Gasteiger partial charge in [0.15, 0.2) is 11.5 Å². The summed E-state index contributed by atoms with van der Waals surface area (Å²) in [6.45, 7) is 8.41. The Labute approximate surface area is 195 Å². The molecule has 0 saturated carbocycles. The van der Waals surface area contributed by atoms with Gasteiger partial charge >= 0.3 is 0 Å². The van der Waals surface area contributed by atoms with Gasteiger partial charge in [0, 0.05) is 45.3 Å². The Bertz CT molecular complexity index is 851. The molecule has 180 valence electrons. The maximum atomic E-state index is 13.1. The number of nitrogens with zero attached hydrogens (tertiary/aromatic N) is 4. The topological polar surface area (TPSA) is 74.8 Å². The Morgan fingerprint density at radius 2 is 1.48 bits per heavy atom. The van der Waals surface area contributed by atoms with E-state index in [4.69, 9.17) is 14.2 Å². The van der Waals surface area contributed by atoms with Gasteiger partial charge in [0.25, 0.3) is 0 Å². The molecule has 0 aliphatic carbocycles. The van der Waals surface area contributed by atoms with Crippen LogP contribution in [0.1, 0.15) is 24.4 Å². The van der Waals surface area contributed by atoms with E-state index < -0.39 is 0 Å². The number of ether oxygens (including phenoxy) is 3. The van der Waals surface area contributed by atoms with E-state index >= 15 is 0 Å². The number of hydrogen-bond acceptors (Lipinski definition) is 7. The zero-order valence-corrected chi connectivity index (χ0v) is 19.2. The van der Waals surface area contributed by atoms with Crippen molar-refractivity contribution in [2.75, 3.05) is 85.3 Å². The SMILES string of the molecule is O=C(CN1CCN(C(=O)CN2CCC[C@H]2c2ccc3c(c2)OCCO3)CC1)N1CCOCC1. The van der Waals surface area contributed by atoms with Crippen LogP contribution in [0.5, 0.6) is 11.5 Å². The normalized spacial score (nSPS) is 24.2. The van der Waals surface area contributed by atoms with Crippen LogP contribution in [0.4, 0.5) is 0 Å². The number of carbonyl (C=O) groups is 2. The lowest BCUT2D eigenvalue weighted by molar-refractivity contribution is -0.138. The number of rotatable bonds is 5. The molecular weight excluding hydrogens is 424 g/mol. The summed E-state index contributed by atoms with van der Waals surface area (Å²) in [6, 6.07) is 6.40. The molecule has 0 unspecified atom stereocenters. The zero-order valence-electron chi connectivity index (χ0n) is 19.2. The molecular formula is C24H34N4O5. The Morgan fingerprint density at radius 1 is 0.788 bits per heavy atom. The minimum absolute atomic E-state index is 0.164. The average Bonchev–Trinajstić information content (AvgIpc) is 3.32. The maximum Gasteiger partial charge on any atom is 0.236 e. The van der Waals surface area contributed by atoms with Gasteiger partial charge in [0.2, 0.25) is 11.8 Å². The summed E-state index contributed by atoms with van der Waals surface area (Å²) < 4.78 is 16.7. The van der Waals surface area contributed by atoms with Crippen molar-refractivity contribution in [3.63, 3.8) is 0 Å². The number of likely N-dealkylation sites (tertiary alicyclic amines) is 1. The Morgan fingerprint density at radius 3 is 2.27 bits per heavy atom. The molecule has 0 N–H and O–H groups in total. The van der Waals surface area contributed by atoms with Gasteiger partial charge in [0.1, 0.15) is 13.2 Å². The second-order valence-electron chi connectivity index (χ2n) is 9.18. The molecule has 1 aromatic carbocycles. The third kappa shape index (κ3) is 5.26. The minimum atomic E-state index is 0.164. The van der Waals surface area contributed by atoms with Crippen LogP contribution in [0, 0.1) is 0 Å². The van der Waals surface area contributed by atoms with Gasteiger partial charge in [-0.05, 0) is 37.1 Å². The molecule has 4 aliphatic rings. The first-order valence-electron chi connectivity index (χ1n) is 12.2. The fraction of sp³-hybridized carbons (Fsp3) is 0.667. The summed E-state index contributed by atoms with van der Waals surface area (Å²) in [7, 11) is 0. The van der Waals surface area contributed by atoms with Crippen LogP contribution in [0.3, 0.4) is 0 Å². The zero-order chi connectivity index (χ0) is 22.6. The van der Waals surface area contributed by atoms with Gasteiger partial charge in [-0.25, -0.2) is 0 Å². The van der Waals surface area contributed by atoms with Gasteiger partial charge in [-0.3, -0.25) is 19.4 Å². The Kier molecular flexibility index (Phi) is 6.99. The summed E-state index contributed by atoms with van der Waals surface area (Å²) in [4.78, 5) is 33.9. The molecule has 9 heteroatoms. The van der Waals surface area contributed by atoms with Crippen molar-refractivity contribution in [3.05, 3.63) is 23.8 Å². The molecule has 4 aliphatic heterocycles. The third-order valence-electron chi connectivity index (χ3n) is 7.10. The Hall–Kier alpha value is -2.36. The van der Waals surface area contributed by atoms with Crippen molar-refractivity contribution in [2.24, 2.45) is 0 Å². The lowest BCUT2D eigenvalue weighted by Crippen LogP contribution is -2.54. The van der Waals surface area contributed by atoms with Crippen LogP contribution in [0.15, 0.2) is 18.2 Å². The second kappa shape index (κ2) is 10.3. The van der Waals surface area contributed by atoms with Gasteiger partial charge in [-0.2, -0.15) is 0 Å². The third-order valence-corrected chi connectivity index (χ3v) is 7.10. The average molecular weight is 459 g/mol. The standard InChI is InChI=1S/C24H34N4O5/c29-23(27-10-12-31-13-11-27)17-25-6-8-26(9-7-25)24(30)18-28-5-1-2-20(28)19-3-4-21-22(16-19)33-15-14-32-21/h3-4,16,20H,1-2,5-15,17-18H2/t20-/m0/s1. The van der Waals surface area contributed by atoms with E-state index in [0.717, 1.165) is 44.0 Å². The number of morpholine rings is 1. The summed E-state index contributed by atoms with van der Waals surface area (Å²) in [6.07, 6.45) is 2.13. The van der Waals surface area contributed by atoms with Gasteiger partial charge in [-0.1, -0.05) is 6.07 Å². The summed E-state index contributed by atoms with van der Waals surface area (Å²) in [5.41, 5.74) is 1.19. The minimum Gasteiger partial charge on any atom is -0.486 e. The maximum absolute atomic E-state index is 13.1. The van der Waals surface area contributed by atoms with Crippen LogP contribution in [0.25, 0.3) is 0 Å². The molecule has 0 aromatic heterocycles. The van der Waals surface area contributed by atoms with Crippen molar-refractivity contribution in [1.82, 2.24) is 19.6 Å². The number of hydrogen-bond donors (Lipinski definition) is 0. The van der Waals surface area contributed by atoms with E-state index in [0.29, 0.717) is 65.7 Å². The van der Waals surface area contributed by atoms with E-state index in [1.807, 2.05) is 15.9 Å². The number of piperazine rings is 1. The smallest absolute Gasteiger partial charge is 0.236 e. The number of fused-ring (bicyclic) bond motifs is 1. The molecule has 4 heterocycles.